The van der Waals surface area contributed by atoms with Crippen molar-refractivity contribution in [2.75, 3.05) is 13.1 Å². The first kappa shape index (κ1) is 12.5. The first-order chi connectivity index (χ1) is 8.61. The second-order valence-corrected chi connectivity index (χ2v) is 4.29. The highest BCUT2D eigenvalue weighted by atomic mass is 16.2. The molecule has 18 heavy (non-hydrogen) atoms. The molecule has 0 aliphatic carbocycles. The van der Waals surface area contributed by atoms with Gasteiger partial charge in [0, 0.05) is 20.0 Å². The lowest BCUT2D eigenvalue weighted by atomic mass is 10.1. The van der Waals surface area contributed by atoms with Gasteiger partial charge in [-0.3, -0.25) is 15.0 Å². The van der Waals surface area contributed by atoms with Gasteiger partial charge in [-0.2, -0.15) is 0 Å². The molecule has 1 aromatic rings. The number of carbonyl (C=O) groups excluding carboxylic acids is 2. The summed E-state index contributed by atoms with van der Waals surface area (Å²) >= 11 is 0. The minimum absolute atomic E-state index is 0.0928. The molecule has 98 valence electrons. The number of carbonyl (C=O) groups is 2. The molecule has 1 aromatic heterocycles. The van der Waals surface area contributed by atoms with E-state index in [2.05, 4.69) is 10.3 Å². The maximum atomic E-state index is 11.2. The van der Waals surface area contributed by atoms with Crippen LogP contribution >= 0.6 is 0 Å². The summed E-state index contributed by atoms with van der Waals surface area (Å²) in [6.07, 6.45) is 3.20. The van der Waals surface area contributed by atoms with E-state index in [0.717, 1.165) is 12.8 Å². The molecule has 0 unspecified atom stereocenters. The fourth-order valence-electron chi connectivity index (χ4n) is 2.08. The smallest absolute Gasteiger partial charge is 0.287 e. The molecule has 2 amide bonds. The van der Waals surface area contributed by atoms with Crippen LogP contribution in [0.3, 0.4) is 0 Å². The van der Waals surface area contributed by atoms with E-state index in [4.69, 9.17) is 5.84 Å². The van der Waals surface area contributed by atoms with Crippen LogP contribution in [0.1, 0.15) is 36.3 Å². The van der Waals surface area contributed by atoms with Crippen molar-refractivity contribution in [3.8, 4) is 0 Å². The van der Waals surface area contributed by atoms with Crippen LogP contribution in [0.5, 0.6) is 0 Å². The summed E-state index contributed by atoms with van der Waals surface area (Å²) in [5, 5.41) is 7.68. The van der Waals surface area contributed by atoms with Crippen LogP contribution in [-0.4, -0.2) is 44.8 Å². The second-order valence-electron chi connectivity index (χ2n) is 4.29. The van der Waals surface area contributed by atoms with E-state index >= 15 is 0 Å². The minimum Gasteiger partial charge on any atom is -0.343 e. The van der Waals surface area contributed by atoms with E-state index in [1.807, 2.05) is 5.43 Å². The number of aromatic nitrogens is 3. The van der Waals surface area contributed by atoms with Crippen LogP contribution in [0.15, 0.2) is 6.20 Å². The van der Waals surface area contributed by atoms with Gasteiger partial charge in [0.1, 0.15) is 0 Å². The van der Waals surface area contributed by atoms with E-state index in [1.165, 1.54) is 0 Å². The Balaban J connectivity index is 1.99. The average Bonchev–Trinajstić information content (AvgIpc) is 2.87. The first-order valence-corrected chi connectivity index (χ1v) is 5.80. The van der Waals surface area contributed by atoms with Crippen molar-refractivity contribution >= 4 is 11.8 Å². The zero-order valence-electron chi connectivity index (χ0n) is 10.2. The molecule has 0 radical (unpaired) electrons. The summed E-state index contributed by atoms with van der Waals surface area (Å²) in [7, 11) is 0. The number of hydrazine groups is 1. The molecule has 1 aliphatic rings. The van der Waals surface area contributed by atoms with Crippen LogP contribution in [0.2, 0.25) is 0 Å². The Morgan fingerprint density at radius 3 is 2.67 bits per heavy atom. The summed E-state index contributed by atoms with van der Waals surface area (Å²) in [6.45, 7) is 2.98. The van der Waals surface area contributed by atoms with Crippen molar-refractivity contribution in [2.24, 2.45) is 5.84 Å². The third-order valence-corrected chi connectivity index (χ3v) is 3.16. The van der Waals surface area contributed by atoms with E-state index < -0.39 is 5.91 Å². The van der Waals surface area contributed by atoms with Gasteiger partial charge in [0.05, 0.1) is 12.2 Å². The largest absolute Gasteiger partial charge is 0.343 e. The van der Waals surface area contributed by atoms with Crippen molar-refractivity contribution in [3.63, 3.8) is 0 Å². The van der Waals surface area contributed by atoms with E-state index in [1.54, 1.807) is 22.7 Å². The van der Waals surface area contributed by atoms with Crippen molar-refractivity contribution in [3.05, 3.63) is 11.9 Å². The highest BCUT2D eigenvalue weighted by Gasteiger charge is 2.23. The molecule has 1 saturated heterocycles. The fourth-order valence-corrected chi connectivity index (χ4v) is 2.08. The third-order valence-electron chi connectivity index (χ3n) is 3.16. The molecule has 1 aliphatic heterocycles. The molecule has 8 heteroatoms. The van der Waals surface area contributed by atoms with Gasteiger partial charge in [0.15, 0.2) is 5.69 Å². The molecule has 2 heterocycles. The van der Waals surface area contributed by atoms with Crippen molar-refractivity contribution in [1.29, 1.82) is 0 Å². The minimum atomic E-state index is -0.456. The molecule has 0 bridgehead atoms. The molecule has 0 aromatic carbocycles. The Morgan fingerprint density at radius 2 is 2.11 bits per heavy atom. The lowest BCUT2D eigenvalue weighted by Crippen LogP contribution is -2.37. The first-order valence-electron chi connectivity index (χ1n) is 5.80. The van der Waals surface area contributed by atoms with Gasteiger partial charge >= 0.3 is 0 Å². The standard InChI is InChI=1S/C10H16N6O2/c1-7(17)15-4-2-8(3-5-15)16-6-9(13-14-16)10(18)12-11/h6,8H,2-5,11H2,1H3,(H,12,18). The fraction of sp³-hybridized carbons (Fsp3) is 0.600. The van der Waals surface area contributed by atoms with Crippen LogP contribution in [0.25, 0.3) is 0 Å². The third kappa shape index (κ3) is 2.48. The van der Waals surface area contributed by atoms with Crippen molar-refractivity contribution in [2.45, 2.75) is 25.8 Å². The van der Waals surface area contributed by atoms with Gasteiger partial charge in [-0.15, -0.1) is 5.10 Å². The van der Waals surface area contributed by atoms with Crippen LogP contribution in [0.4, 0.5) is 0 Å². The van der Waals surface area contributed by atoms with Crippen LogP contribution in [0, 0.1) is 0 Å². The summed E-state index contributed by atoms with van der Waals surface area (Å²) in [5.41, 5.74) is 2.21. The normalized spacial score (nSPS) is 16.7. The van der Waals surface area contributed by atoms with Gasteiger partial charge in [-0.05, 0) is 12.8 Å². The molecule has 2 rings (SSSR count). The molecule has 0 spiro atoms. The molecule has 8 nitrogen and oxygen atoms in total. The topological polar surface area (TPSA) is 106 Å². The summed E-state index contributed by atoms with van der Waals surface area (Å²) < 4.78 is 1.67. The van der Waals surface area contributed by atoms with E-state index in [9.17, 15) is 9.59 Å². The number of hydrogen-bond acceptors (Lipinski definition) is 5. The Bertz CT molecular complexity index is 449. The summed E-state index contributed by atoms with van der Waals surface area (Å²) in [4.78, 5) is 24.3. The average molecular weight is 252 g/mol. The van der Waals surface area contributed by atoms with Gasteiger partial charge in [0.2, 0.25) is 5.91 Å². The van der Waals surface area contributed by atoms with E-state index in [-0.39, 0.29) is 17.6 Å². The molecular formula is C10H16N6O2. The zero-order chi connectivity index (χ0) is 13.1. The monoisotopic (exact) mass is 252 g/mol. The van der Waals surface area contributed by atoms with Gasteiger partial charge in [-0.1, -0.05) is 5.21 Å². The highest BCUT2D eigenvalue weighted by molar-refractivity contribution is 5.91. The number of amides is 2. The number of nitrogens with zero attached hydrogens (tertiary/aromatic N) is 4. The number of likely N-dealkylation sites (tertiary alicyclic amines) is 1. The maximum absolute atomic E-state index is 11.2. The maximum Gasteiger partial charge on any atom is 0.287 e. The Morgan fingerprint density at radius 1 is 1.44 bits per heavy atom. The van der Waals surface area contributed by atoms with Crippen molar-refractivity contribution in [1.82, 2.24) is 25.3 Å². The second kappa shape index (κ2) is 5.13. The Labute approximate surface area is 104 Å². The number of nitrogens with two attached hydrogens (primary N) is 1. The number of hydrogen-bond donors (Lipinski definition) is 2. The van der Waals surface area contributed by atoms with Gasteiger partial charge in [0.25, 0.3) is 5.91 Å². The molecule has 0 atom stereocenters. The van der Waals surface area contributed by atoms with Crippen LogP contribution in [-0.2, 0) is 4.79 Å². The lowest BCUT2D eigenvalue weighted by Gasteiger charge is -2.30. The molecule has 0 saturated carbocycles. The molecule has 1 fully saturated rings. The number of rotatable bonds is 2. The summed E-state index contributed by atoms with van der Waals surface area (Å²) in [5.74, 6) is 4.66. The SMILES string of the molecule is CC(=O)N1CCC(n2cc(C(=O)NN)nn2)CC1. The van der Waals surface area contributed by atoms with Gasteiger partial charge in [-0.25, -0.2) is 10.5 Å². The Kier molecular flexibility index (Phi) is 3.56. The number of nitrogen functional groups attached to an aromatic ring is 1. The predicted octanol–water partition coefficient (Wildman–Crippen LogP) is -0.935. The van der Waals surface area contributed by atoms with Gasteiger partial charge < -0.3 is 4.90 Å². The highest BCUT2D eigenvalue weighted by Crippen LogP contribution is 2.21. The molecule has 3 N–H and O–H groups in total. The zero-order valence-corrected chi connectivity index (χ0v) is 10.2. The lowest BCUT2D eigenvalue weighted by molar-refractivity contribution is -0.130. The molecular weight excluding hydrogens is 236 g/mol. The predicted molar refractivity (Wildman–Crippen MR) is 62.2 cm³/mol. The Hall–Kier alpha value is -1.96. The quantitative estimate of drug-likeness (QED) is 0.401. The number of piperidine rings is 1. The summed E-state index contributed by atoms with van der Waals surface area (Å²) in [6, 6.07) is 0.174. The van der Waals surface area contributed by atoms with E-state index in [0.29, 0.717) is 13.1 Å². The van der Waals surface area contributed by atoms with Crippen molar-refractivity contribution < 1.29 is 9.59 Å². The number of nitrogens with one attached hydrogen (secondary N) is 1. The van der Waals surface area contributed by atoms with Crippen LogP contribution < -0.4 is 11.3 Å².